The van der Waals surface area contributed by atoms with Gasteiger partial charge in [0, 0.05) is 29.2 Å². The van der Waals surface area contributed by atoms with Crippen LogP contribution in [-0.2, 0) is 15.6 Å². The van der Waals surface area contributed by atoms with Gasteiger partial charge in [0.15, 0.2) is 23.7 Å². The Hall–Kier alpha value is -3.18. The van der Waals surface area contributed by atoms with Crippen molar-refractivity contribution in [2.45, 2.75) is 70.7 Å². The fourth-order valence-corrected chi connectivity index (χ4v) is 6.32. The molecule has 0 unspecified atom stereocenters. The molecule has 244 valence electrons. The molecule has 0 amide bonds. The third-order valence-electron chi connectivity index (χ3n) is 8.81. The molecular formula is C34H34F8O3. The molecule has 0 atom stereocenters. The minimum atomic E-state index is -4.76. The number of alkyl halides is 2. The fraction of sp³-hybridized carbons (Fsp3) is 0.471. The summed E-state index contributed by atoms with van der Waals surface area (Å²) in [6, 6.07) is 4.97. The smallest absolute Gasteiger partial charge is 0.429 e. The topological polar surface area (TPSA) is 27.7 Å². The quantitative estimate of drug-likeness (QED) is 0.125. The molecule has 0 spiro atoms. The normalized spacial score (nSPS) is 22.4. The van der Waals surface area contributed by atoms with E-state index < -0.39 is 58.6 Å². The van der Waals surface area contributed by atoms with Gasteiger partial charge in [-0.1, -0.05) is 57.6 Å². The van der Waals surface area contributed by atoms with Crippen LogP contribution in [0.3, 0.4) is 0 Å². The van der Waals surface area contributed by atoms with Crippen LogP contribution in [-0.4, -0.2) is 13.2 Å². The molecule has 1 saturated carbocycles. The lowest BCUT2D eigenvalue weighted by Gasteiger charge is -2.38. The average molecular weight is 643 g/mol. The number of rotatable bonds is 10. The molecule has 1 aliphatic carbocycles. The first-order valence-corrected chi connectivity index (χ1v) is 15.2. The molecule has 5 rings (SSSR count). The van der Waals surface area contributed by atoms with Gasteiger partial charge in [0.2, 0.25) is 0 Å². The van der Waals surface area contributed by atoms with Gasteiger partial charge < -0.3 is 14.2 Å². The van der Waals surface area contributed by atoms with E-state index in [1.165, 1.54) is 50.7 Å². The second-order valence-electron chi connectivity index (χ2n) is 11.9. The monoisotopic (exact) mass is 642 g/mol. The van der Waals surface area contributed by atoms with E-state index in [1.54, 1.807) is 0 Å². The standard InChI is InChI=1S/C34H34F8O3/c1-2-3-4-5-19-6-8-20(9-7-19)23-17-43-33(44-18-23)21-10-11-25(26(35)12-21)22-13-27(36)31(28(37)14-22)34(41,42)45-24-15-29(38)32(40)30(39)16-24/h10-16,19-20,23,33H,2-9,17-18H2,1H3. The van der Waals surface area contributed by atoms with E-state index in [0.29, 0.717) is 36.8 Å². The molecule has 2 aliphatic rings. The molecular weight excluding hydrogens is 608 g/mol. The van der Waals surface area contributed by atoms with Crippen LogP contribution in [0.15, 0.2) is 42.5 Å². The van der Waals surface area contributed by atoms with E-state index in [2.05, 4.69) is 11.7 Å². The number of benzene rings is 3. The molecule has 0 aromatic heterocycles. The predicted molar refractivity (Wildman–Crippen MR) is 150 cm³/mol. The van der Waals surface area contributed by atoms with Gasteiger partial charge in [-0.2, -0.15) is 8.78 Å². The van der Waals surface area contributed by atoms with Crippen LogP contribution in [0.1, 0.15) is 75.7 Å². The summed E-state index contributed by atoms with van der Waals surface area (Å²) in [6.45, 7) is 3.13. The molecule has 3 aromatic rings. The van der Waals surface area contributed by atoms with Gasteiger partial charge in [-0.15, -0.1) is 0 Å². The Bertz CT molecular complexity index is 1430. The minimum absolute atomic E-state index is 0.105. The maximum Gasteiger partial charge on any atom is 0.432 e. The molecule has 0 bridgehead atoms. The fourth-order valence-electron chi connectivity index (χ4n) is 6.32. The van der Waals surface area contributed by atoms with Crippen molar-refractivity contribution in [3.8, 4) is 16.9 Å². The van der Waals surface area contributed by atoms with Gasteiger partial charge in [0.05, 0.1) is 13.2 Å². The summed E-state index contributed by atoms with van der Waals surface area (Å²) >= 11 is 0. The Morgan fingerprint density at radius 1 is 0.733 bits per heavy atom. The van der Waals surface area contributed by atoms with Crippen LogP contribution in [0, 0.1) is 52.7 Å². The van der Waals surface area contributed by atoms with Crippen molar-refractivity contribution in [3.05, 3.63) is 88.5 Å². The number of unbranched alkanes of at least 4 members (excludes halogenated alkanes) is 2. The second-order valence-corrected chi connectivity index (χ2v) is 11.9. The summed E-state index contributed by atoms with van der Waals surface area (Å²) in [5, 5.41) is 0. The molecule has 1 saturated heterocycles. The lowest BCUT2D eigenvalue weighted by Crippen LogP contribution is -2.34. The molecule has 3 aromatic carbocycles. The Morgan fingerprint density at radius 3 is 1.93 bits per heavy atom. The summed E-state index contributed by atoms with van der Waals surface area (Å²) in [7, 11) is 0. The van der Waals surface area contributed by atoms with Gasteiger partial charge in [0.1, 0.15) is 28.8 Å². The number of hydrogen-bond donors (Lipinski definition) is 0. The first kappa shape index (κ1) is 33.2. The highest BCUT2D eigenvalue weighted by atomic mass is 19.3. The molecule has 3 nitrogen and oxygen atoms in total. The third-order valence-corrected chi connectivity index (χ3v) is 8.81. The Labute approximate surface area is 256 Å². The lowest BCUT2D eigenvalue weighted by atomic mass is 9.74. The molecule has 0 radical (unpaired) electrons. The van der Waals surface area contributed by atoms with E-state index in [-0.39, 0.29) is 29.2 Å². The summed E-state index contributed by atoms with van der Waals surface area (Å²) in [5.41, 5.74) is -2.19. The maximum atomic E-state index is 15.2. The summed E-state index contributed by atoms with van der Waals surface area (Å²) in [5.74, 6) is -9.77. The minimum Gasteiger partial charge on any atom is -0.429 e. The summed E-state index contributed by atoms with van der Waals surface area (Å²) in [6.07, 6.45) is 4.16. The zero-order valence-electron chi connectivity index (χ0n) is 24.7. The number of hydrogen-bond acceptors (Lipinski definition) is 3. The van der Waals surface area contributed by atoms with Crippen molar-refractivity contribution in [1.29, 1.82) is 0 Å². The zero-order valence-corrected chi connectivity index (χ0v) is 24.7. The Morgan fingerprint density at radius 2 is 1.36 bits per heavy atom. The van der Waals surface area contributed by atoms with Crippen LogP contribution < -0.4 is 4.74 Å². The van der Waals surface area contributed by atoms with E-state index in [1.807, 2.05) is 0 Å². The van der Waals surface area contributed by atoms with Crippen LogP contribution in [0.4, 0.5) is 35.1 Å². The van der Waals surface area contributed by atoms with Crippen LogP contribution in [0.2, 0.25) is 0 Å². The van der Waals surface area contributed by atoms with Crippen molar-refractivity contribution in [1.82, 2.24) is 0 Å². The maximum absolute atomic E-state index is 15.2. The van der Waals surface area contributed by atoms with E-state index in [9.17, 15) is 30.7 Å². The van der Waals surface area contributed by atoms with Gasteiger partial charge in [-0.05, 0) is 48.4 Å². The lowest BCUT2D eigenvalue weighted by molar-refractivity contribution is -0.214. The van der Waals surface area contributed by atoms with Crippen LogP contribution in [0.5, 0.6) is 5.75 Å². The van der Waals surface area contributed by atoms with Gasteiger partial charge in [-0.25, -0.2) is 26.3 Å². The molecule has 0 N–H and O–H groups in total. The highest BCUT2D eigenvalue weighted by molar-refractivity contribution is 5.65. The van der Waals surface area contributed by atoms with Crippen molar-refractivity contribution in [3.63, 3.8) is 0 Å². The van der Waals surface area contributed by atoms with Crippen molar-refractivity contribution >= 4 is 0 Å². The Balaban J connectivity index is 1.22. The van der Waals surface area contributed by atoms with Gasteiger partial charge in [-0.3, -0.25) is 0 Å². The van der Waals surface area contributed by atoms with Crippen LogP contribution >= 0.6 is 0 Å². The summed E-state index contributed by atoms with van der Waals surface area (Å²) < 4.78 is 130. The molecule has 11 heteroatoms. The highest BCUT2D eigenvalue weighted by Crippen LogP contribution is 2.41. The molecule has 45 heavy (non-hydrogen) atoms. The third kappa shape index (κ3) is 7.62. The first-order valence-electron chi connectivity index (χ1n) is 15.2. The largest absolute Gasteiger partial charge is 0.432 e. The van der Waals surface area contributed by atoms with E-state index in [4.69, 9.17) is 9.47 Å². The SMILES string of the molecule is CCCCCC1CCC(C2COC(c3ccc(-c4cc(F)c(C(F)(F)Oc5cc(F)c(F)c(F)c5)c(F)c4)c(F)c3)OC2)CC1. The second kappa shape index (κ2) is 14.1. The average Bonchev–Trinajstić information content (AvgIpc) is 2.99. The van der Waals surface area contributed by atoms with E-state index in [0.717, 1.165) is 24.8 Å². The predicted octanol–water partition coefficient (Wildman–Crippen LogP) is 10.4. The van der Waals surface area contributed by atoms with Crippen molar-refractivity contribution < 1.29 is 49.3 Å². The number of ether oxygens (including phenoxy) is 3. The van der Waals surface area contributed by atoms with Crippen LogP contribution in [0.25, 0.3) is 11.1 Å². The van der Waals surface area contributed by atoms with Gasteiger partial charge in [0.25, 0.3) is 0 Å². The van der Waals surface area contributed by atoms with E-state index >= 15 is 4.39 Å². The first-order chi connectivity index (χ1) is 21.5. The van der Waals surface area contributed by atoms with Crippen molar-refractivity contribution in [2.75, 3.05) is 13.2 Å². The molecule has 2 fully saturated rings. The zero-order chi connectivity index (χ0) is 32.3. The Kier molecular flexibility index (Phi) is 10.4. The highest BCUT2D eigenvalue weighted by Gasteiger charge is 2.42. The number of halogens is 8. The molecule has 1 aliphatic heterocycles. The van der Waals surface area contributed by atoms with Crippen molar-refractivity contribution in [2.24, 2.45) is 17.8 Å². The summed E-state index contributed by atoms with van der Waals surface area (Å²) in [4.78, 5) is 0. The van der Waals surface area contributed by atoms with Gasteiger partial charge >= 0.3 is 6.11 Å². The molecule has 1 heterocycles.